The Kier molecular flexibility index (Phi) is 3.80. The number of hydrogen-bond donors (Lipinski definition) is 0. The molecule has 6 heteroatoms. The van der Waals surface area contributed by atoms with Crippen molar-refractivity contribution < 1.29 is 12.8 Å². The maximum absolute atomic E-state index is 9.16. The second kappa shape index (κ2) is 5.18. The van der Waals surface area contributed by atoms with Crippen molar-refractivity contribution >= 4 is 51.6 Å². The van der Waals surface area contributed by atoms with Gasteiger partial charge in [-0.15, -0.1) is 0 Å². The monoisotopic (exact) mass is 302 g/mol. The van der Waals surface area contributed by atoms with Crippen molar-refractivity contribution in [2.45, 2.75) is 0 Å². The van der Waals surface area contributed by atoms with Crippen molar-refractivity contribution in [3.8, 4) is 0 Å². The summed E-state index contributed by atoms with van der Waals surface area (Å²) in [5.41, 5.74) is 1.92. The highest BCUT2D eigenvalue weighted by molar-refractivity contribution is 8.31. The molecular formula is C12H8Cl2O3S. The van der Waals surface area contributed by atoms with Gasteiger partial charge in [0, 0.05) is 32.1 Å². The highest BCUT2D eigenvalue weighted by Gasteiger charge is 2.03. The van der Waals surface area contributed by atoms with Crippen molar-refractivity contribution in [3.05, 3.63) is 48.5 Å². The van der Waals surface area contributed by atoms with E-state index in [0.717, 1.165) is 11.2 Å². The molecule has 0 amide bonds. The van der Waals surface area contributed by atoms with Gasteiger partial charge in [-0.05, 0) is 12.1 Å². The summed E-state index contributed by atoms with van der Waals surface area (Å²) in [7, 11) is 4.81. The van der Waals surface area contributed by atoms with Crippen LogP contribution in [0.5, 0.6) is 0 Å². The van der Waals surface area contributed by atoms with Crippen LogP contribution in [0.3, 0.4) is 0 Å². The molecule has 1 aromatic heterocycles. The number of para-hydroxylation sites is 2. The summed E-state index contributed by atoms with van der Waals surface area (Å²) >= 11 is 0. The third-order valence-electron chi connectivity index (χ3n) is 2.28. The SMILES string of the molecule is O=S(=O)(Cl)Cl.c1ccc2c(c1)oc1ccccc12. The molecule has 0 radical (unpaired) electrons. The average Bonchev–Trinajstić information content (AvgIpc) is 2.65. The minimum Gasteiger partial charge on any atom is -0.456 e. The van der Waals surface area contributed by atoms with E-state index >= 15 is 0 Å². The van der Waals surface area contributed by atoms with Gasteiger partial charge in [-0.1, -0.05) is 36.4 Å². The average molecular weight is 303 g/mol. The van der Waals surface area contributed by atoms with Gasteiger partial charge in [0.1, 0.15) is 11.2 Å². The highest BCUT2D eigenvalue weighted by Crippen LogP contribution is 2.27. The van der Waals surface area contributed by atoms with Gasteiger partial charge in [0.25, 0.3) is 0 Å². The van der Waals surface area contributed by atoms with Crippen molar-refractivity contribution in [2.24, 2.45) is 0 Å². The molecule has 0 saturated heterocycles. The van der Waals surface area contributed by atoms with Gasteiger partial charge < -0.3 is 4.42 Å². The Balaban J connectivity index is 0.000000209. The first-order valence-corrected chi connectivity index (χ1v) is 8.09. The largest absolute Gasteiger partial charge is 0.456 e. The molecule has 3 aromatic rings. The zero-order valence-electron chi connectivity index (χ0n) is 9.01. The zero-order valence-corrected chi connectivity index (χ0v) is 11.3. The fraction of sp³-hybridized carbons (Fsp3) is 0. The van der Waals surface area contributed by atoms with E-state index in [1.165, 1.54) is 10.8 Å². The van der Waals surface area contributed by atoms with E-state index in [4.69, 9.17) is 12.8 Å². The Hall–Kier alpha value is -1.23. The van der Waals surface area contributed by atoms with Gasteiger partial charge in [0.05, 0.1) is 0 Å². The van der Waals surface area contributed by atoms with Gasteiger partial charge in [-0.25, -0.2) is 0 Å². The van der Waals surface area contributed by atoms with Crippen LogP contribution in [0.25, 0.3) is 21.9 Å². The zero-order chi connectivity index (χ0) is 13.2. The number of hydrogen-bond acceptors (Lipinski definition) is 3. The summed E-state index contributed by atoms with van der Waals surface area (Å²) in [5, 5.41) is 2.39. The first-order chi connectivity index (χ1) is 8.45. The van der Waals surface area contributed by atoms with Gasteiger partial charge in [-0.2, -0.15) is 8.42 Å². The van der Waals surface area contributed by atoms with Crippen LogP contribution in [-0.4, -0.2) is 8.42 Å². The molecule has 94 valence electrons. The molecule has 2 aromatic carbocycles. The minimum atomic E-state index is -3.72. The molecule has 0 fully saturated rings. The van der Waals surface area contributed by atoms with E-state index in [1.54, 1.807) is 0 Å². The first kappa shape index (κ1) is 13.2. The van der Waals surface area contributed by atoms with Crippen LogP contribution < -0.4 is 0 Å². The molecule has 0 unspecified atom stereocenters. The topological polar surface area (TPSA) is 47.3 Å². The summed E-state index contributed by atoms with van der Waals surface area (Å²) in [6.45, 7) is 0. The number of rotatable bonds is 0. The van der Waals surface area contributed by atoms with E-state index in [1.807, 2.05) is 36.4 Å². The maximum atomic E-state index is 9.16. The molecule has 0 aliphatic heterocycles. The number of furan rings is 1. The molecule has 3 nitrogen and oxygen atoms in total. The number of halogens is 2. The van der Waals surface area contributed by atoms with Crippen LogP contribution in [0.1, 0.15) is 0 Å². The number of benzene rings is 2. The Morgan fingerprint density at radius 3 is 1.50 bits per heavy atom. The molecule has 3 rings (SSSR count). The summed E-state index contributed by atoms with van der Waals surface area (Å²) in [6, 6.07) is 16.2. The van der Waals surface area contributed by atoms with E-state index < -0.39 is 8.26 Å². The van der Waals surface area contributed by atoms with Crippen molar-refractivity contribution in [3.63, 3.8) is 0 Å². The maximum Gasteiger partial charge on any atom is 0.317 e. The van der Waals surface area contributed by atoms with Crippen LogP contribution in [-0.2, 0) is 8.26 Å². The fourth-order valence-electron chi connectivity index (χ4n) is 1.67. The molecule has 0 bridgehead atoms. The van der Waals surface area contributed by atoms with Crippen molar-refractivity contribution in [1.29, 1.82) is 0 Å². The molecule has 0 N–H and O–H groups in total. The number of fused-ring (bicyclic) bond motifs is 3. The van der Waals surface area contributed by atoms with Gasteiger partial charge in [-0.3, -0.25) is 0 Å². The third-order valence-corrected chi connectivity index (χ3v) is 2.28. The predicted octanol–water partition coefficient (Wildman–Crippen LogP) is 4.29. The lowest BCUT2D eigenvalue weighted by Crippen LogP contribution is -1.63. The van der Waals surface area contributed by atoms with Crippen LogP contribution in [0.15, 0.2) is 52.9 Å². The molecule has 18 heavy (non-hydrogen) atoms. The molecule has 0 aliphatic carbocycles. The van der Waals surface area contributed by atoms with Crippen LogP contribution >= 0.6 is 21.4 Å². The molecular weight excluding hydrogens is 295 g/mol. The van der Waals surface area contributed by atoms with Crippen molar-refractivity contribution in [1.82, 2.24) is 0 Å². The third kappa shape index (κ3) is 3.38. The van der Waals surface area contributed by atoms with E-state index in [-0.39, 0.29) is 0 Å². The van der Waals surface area contributed by atoms with Crippen molar-refractivity contribution in [2.75, 3.05) is 0 Å². The normalized spacial score (nSPS) is 11.2. The van der Waals surface area contributed by atoms with Gasteiger partial charge in [0.15, 0.2) is 0 Å². The van der Waals surface area contributed by atoms with Crippen LogP contribution in [0.2, 0.25) is 0 Å². The summed E-state index contributed by atoms with van der Waals surface area (Å²) in [5.74, 6) is 0. The Morgan fingerprint density at radius 2 is 1.11 bits per heavy atom. The second-order valence-electron chi connectivity index (χ2n) is 3.47. The van der Waals surface area contributed by atoms with Crippen LogP contribution in [0, 0.1) is 0 Å². The van der Waals surface area contributed by atoms with Gasteiger partial charge >= 0.3 is 8.26 Å². The second-order valence-corrected chi connectivity index (χ2v) is 7.14. The van der Waals surface area contributed by atoms with Gasteiger partial charge in [0.2, 0.25) is 0 Å². The van der Waals surface area contributed by atoms with Crippen LogP contribution in [0.4, 0.5) is 0 Å². The Bertz CT molecular complexity index is 720. The highest BCUT2D eigenvalue weighted by atomic mass is 36.0. The van der Waals surface area contributed by atoms with E-state index in [2.05, 4.69) is 33.5 Å². The summed E-state index contributed by atoms with van der Waals surface area (Å²) in [6.07, 6.45) is 0. The summed E-state index contributed by atoms with van der Waals surface area (Å²) < 4.78 is 24.0. The van der Waals surface area contributed by atoms with E-state index in [9.17, 15) is 0 Å². The Labute approximate surface area is 113 Å². The fourth-order valence-corrected chi connectivity index (χ4v) is 1.67. The lowest BCUT2D eigenvalue weighted by molar-refractivity contribution is 0.621. The first-order valence-electron chi connectivity index (χ1n) is 4.95. The smallest absolute Gasteiger partial charge is 0.317 e. The van der Waals surface area contributed by atoms with E-state index in [0.29, 0.717) is 0 Å². The lowest BCUT2D eigenvalue weighted by Gasteiger charge is -1.85. The molecule has 1 heterocycles. The molecule has 0 atom stereocenters. The quantitative estimate of drug-likeness (QED) is 0.582. The lowest BCUT2D eigenvalue weighted by atomic mass is 10.2. The molecule has 0 spiro atoms. The summed E-state index contributed by atoms with van der Waals surface area (Å²) in [4.78, 5) is 0. The molecule has 0 aliphatic rings. The minimum absolute atomic E-state index is 0.962. The predicted molar refractivity (Wildman–Crippen MR) is 74.3 cm³/mol. The Morgan fingerprint density at radius 1 is 0.778 bits per heavy atom. The molecule has 0 saturated carbocycles. The standard InChI is InChI=1S/C12H8O.Cl2O2S/c1-3-7-11-9(5-1)10-6-2-4-8-12(10)13-11;1-5(2,3)4/h1-8H;.